The zero-order chi connectivity index (χ0) is 12.7. The van der Waals surface area contributed by atoms with Gasteiger partial charge in [-0.1, -0.05) is 33.1 Å². The topological polar surface area (TPSA) is 12.0 Å². The molecule has 0 saturated heterocycles. The van der Waals surface area contributed by atoms with Crippen molar-refractivity contribution in [1.29, 1.82) is 0 Å². The fourth-order valence-corrected chi connectivity index (χ4v) is 2.98. The number of hydrogen-bond donors (Lipinski definition) is 1. The van der Waals surface area contributed by atoms with Gasteiger partial charge in [0, 0.05) is 15.8 Å². The zero-order valence-electron chi connectivity index (χ0n) is 11.8. The molecule has 0 radical (unpaired) electrons. The summed E-state index contributed by atoms with van der Waals surface area (Å²) in [5.74, 6) is 0.846. The Balaban J connectivity index is 2.33. The van der Waals surface area contributed by atoms with Gasteiger partial charge in [-0.3, -0.25) is 0 Å². The van der Waals surface area contributed by atoms with E-state index in [4.69, 9.17) is 0 Å². The van der Waals surface area contributed by atoms with Crippen LogP contribution in [0.1, 0.15) is 62.3 Å². The van der Waals surface area contributed by atoms with E-state index in [-0.39, 0.29) is 0 Å². The average molecular weight is 253 g/mol. The minimum atomic E-state index is 0.504. The maximum Gasteiger partial charge on any atom is 0.0386 e. The predicted octanol–water partition coefficient (Wildman–Crippen LogP) is 4.92. The fourth-order valence-electron chi connectivity index (χ4n) is 2.07. The van der Waals surface area contributed by atoms with Crippen LogP contribution in [0.15, 0.2) is 12.1 Å². The van der Waals surface area contributed by atoms with Crippen LogP contribution in [0, 0.1) is 12.8 Å². The first-order chi connectivity index (χ1) is 8.17. The summed E-state index contributed by atoms with van der Waals surface area (Å²) in [6, 6.07) is 4.97. The first-order valence-electron chi connectivity index (χ1n) is 6.97. The number of hydrogen-bond acceptors (Lipinski definition) is 2. The quantitative estimate of drug-likeness (QED) is 0.693. The lowest BCUT2D eigenvalue weighted by Gasteiger charge is -2.18. The maximum atomic E-state index is 3.68. The molecular formula is C15H27NS. The molecule has 1 aromatic rings. The van der Waals surface area contributed by atoms with E-state index < -0.39 is 0 Å². The number of rotatable bonds is 8. The van der Waals surface area contributed by atoms with Crippen LogP contribution in [0.2, 0.25) is 0 Å². The second-order valence-corrected chi connectivity index (χ2v) is 6.31. The lowest BCUT2D eigenvalue weighted by atomic mass is 9.99. The van der Waals surface area contributed by atoms with Crippen molar-refractivity contribution in [2.45, 2.75) is 59.4 Å². The van der Waals surface area contributed by atoms with Gasteiger partial charge in [-0.25, -0.2) is 0 Å². The Bertz CT molecular complexity index is 306. The van der Waals surface area contributed by atoms with Crippen molar-refractivity contribution in [2.75, 3.05) is 6.54 Å². The van der Waals surface area contributed by atoms with Gasteiger partial charge in [0.05, 0.1) is 0 Å². The van der Waals surface area contributed by atoms with Crippen molar-refractivity contribution >= 4 is 11.3 Å². The summed E-state index contributed by atoms with van der Waals surface area (Å²) in [5, 5.41) is 3.68. The van der Waals surface area contributed by atoms with Gasteiger partial charge >= 0.3 is 0 Å². The molecule has 0 saturated carbocycles. The average Bonchev–Trinajstić information content (AvgIpc) is 2.76. The standard InChI is InChI=1S/C15H27NS/c1-5-7-8-14(6-2)11-16-13(4)15-10-9-12(3)17-15/h9-10,13-14,16H,5-8,11H2,1-4H3. The number of unbranched alkanes of at least 4 members (excludes halogenated alkanes) is 1. The van der Waals surface area contributed by atoms with Gasteiger partial charge in [-0.15, -0.1) is 11.3 Å². The molecule has 2 atom stereocenters. The van der Waals surface area contributed by atoms with Gasteiger partial charge in [0.25, 0.3) is 0 Å². The molecule has 1 rings (SSSR count). The second-order valence-electron chi connectivity index (χ2n) is 4.99. The Morgan fingerprint density at radius 2 is 2.06 bits per heavy atom. The molecule has 1 nitrogen and oxygen atoms in total. The van der Waals surface area contributed by atoms with Crippen LogP contribution in [-0.2, 0) is 0 Å². The van der Waals surface area contributed by atoms with Gasteiger partial charge in [0.15, 0.2) is 0 Å². The summed E-state index contributed by atoms with van der Waals surface area (Å²) in [5.41, 5.74) is 0. The summed E-state index contributed by atoms with van der Waals surface area (Å²) < 4.78 is 0. The summed E-state index contributed by atoms with van der Waals surface area (Å²) in [7, 11) is 0. The van der Waals surface area contributed by atoms with Crippen molar-refractivity contribution in [1.82, 2.24) is 5.32 Å². The third-order valence-corrected chi connectivity index (χ3v) is 4.63. The van der Waals surface area contributed by atoms with E-state index >= 15 is 0 Å². The minimum absolute atomic E-state index is 0.504. The molecular weight excluding hydrogens is 226 g/mol. The van der Waals surface area contributed by atoms with Crippen molar-refractivity contribution in [3.63, 3.8) is 0 Å². The van der Waals surface area contributed by atoms with Crippen molar-refractivity contribution in [3.05, 3.63) is 21.9 Å². The van der Waals surface area contributed by atoms with E-state index in [2.05, 4.69) is 45.1 Å². The monoisotopic (exact) mass is 253 g/mol. The zero-order valence-corrected chi connectivity index (χ0v) is 12.6. The highest BCUT2D eigenvalue weighted by Gasteiger charge is 2.10. The first kappa shape index (κ1) is 14.7. The van der Waals surface area contributed by atoms with E-state index in [0.717, 1.165) is 12.5 Å². The van der Waals surface area contributed by atoms with Crippen LogP contribution in [0.25, 0.3) is 0 Å². The normalized spacial score (nSPS) is 14.8. The largest absolute Gasteiger partial charge is 0.309 e. The van der Waals surface area contributed by atoms with E-state index in [0.29, 0.717) is 6.04 Å². The highest BCUT2D eigenvalue weighted by atomic mass is 32.1. The molecule has 2 heteroatoms. The van der Waals surface area contributed by atoms with Crippen LogP contribution >= 0.6 is 11.3 Å². The van der Waals surface area contributed by atoms with Crippen LogP contribution in [0.4, 0.5) is 0 Å². The molecule has 0 amide bonds. The third kappa shape index (κ3) is 5.22. The summed E-state index contributed by atoms with van der Waals surface area (Å²) >= 11 is 1.91. The number of thiophene rings is 1. The van der Waals surface area contributed by atoms with Crippen molar-refractivity contribution < 1.29 is 0 Å². The van der Waals surface area contributed by atoms with Gasteiger partial charge < -0.3 is 5.32 Å². The highest BCUT2D eigenvalue weighted by molar-refractivity contribution is 7.12. The Kier molecular flexibility index (Phi) is 6.83. The molecule has 2 unspecified atom stereocenters. The molecule has 1 aromatic heterocycles. The predicted molar refractivity (Wildman–Crippen MR) is 78.8 cm³/mol. The summed E-state index contributed by atoms with van der Waals surface area (Å²) in [6.45, 7) is 10.2. The molecule has 0 bridgehead atoms. The van der Waals surface area contributed by atoms with Gasteiger partial charge in [-0.05, 0) is 44.9 Å². The van der Waals surface area contributed by atoms with Crippen LogP contribution in [0.3, 0.4) is 0 Å². The first-order valence-corrected chi connectivity index (χ1v) is 7.78. The molecule has 1 N–H and O–H groups in total. The smallest absolute Gasteiger partial charge is 0.0386 e. The van der Waals surface area contributed by atoms with Crippen LogP contribution < -0.4 is 5.32 Å². The summed E-state index contributed by atoms with van der Waals surface area (Å²) in [6.07, 6.45) is 5.35. The van der Waals surface area contributed by atoms with E-state index in [1.54, 1.807) is 0 Å². The molecule has 0 aromatic carbocycles. The Labute approximate surface area is 111 Å². The summed E-state index contributed by atoms with van der Waals surface area (Å²) in [4.78, 5) is 2.87. The number of nitrogens with one attached hydrogen (secondary N) is 1. The van der Waals surface area contributed by atoms with Crippen LogP contribution in [-0.4, -0.2) is 6.54 Å². The lowest BCUT2D eigenvalue weighted by molar-refractivity contribution is 0.400. The molecule has 0 aliphatic heterocycles. The Hall–Kier alpha value is -0.340. The van der Waals surface area contributed by atoms with Crippen molar-refractivity contribution in [2.24, 2.45) is 5.92 Å². The van der Waals surface area contributed by atoms with Gasteiger partial charge in [0.1, 0.15) is 0 Å². The third-order valence-electron chi connectivity index (χ3n) is 3.44. The van der Waals surface area contributed by atoms with Gasteiger partial charge in [0.2, 0.25) is 0 Å². The van der Waals surface area contributed by atoms with E-state index in [9.17, 15) is 0 Å². The molecule has 0 fully saturated rings. The molecule has 0 spiro atoms. The molecule has 1 heterocycles. The lowest BCUT2D eigenvalue weighted by Crippen LogP contribution is -2.25. The van der Waals surface area contributed by atoms with Gasteiger partial charge in [-0.2, -0.15) is 0 Å². The van der Waals surface area contributed by atoms with E-state index in [1.807, 2.05) is 11.3 Å². The highest BCUT2D eigenvalue weighted by Crippen LogP contribution is 2.23. The second kappa shape index (κ2) is 7.88. The molecule has 98 valence electrons. The molecule has 0 aliphatic rings. The number of aryl methyl sites for hydroxylation is 1. The Morgan fingerprint density at radius 1 is 1.29 bits per heavy atom. The molecule has 17 heavy (non-hydrogen) atoms. The van der Waals surface area contributed by atoms with E-state index in [1.165, 1.54) is 35.4 Å². The fraction of sp³-hybridized carbons (Fsp3) is 0.733. The van der Waals surface area contributed by atoms with Crippen LogP contribution in [0.5, 0.6) is 0 Å². The maximum absolute atomic E-state index is 3.68. The SMILES string of the molecule is CCCCC(CC)CNC(C)c1ccc(C)s1. The molecule has 0 aliphatic carbocycles. The van der Waals surface area contributed by atoms with Crippen molar-refractivity contribution in [3.8, 4) is 0 Å². The minimum Gasteiger partial charge on any atom is -0.309 e. The Morgan fingerprint density at radius 3 is 2.59 bits per heavy atom.